The van der Waals surface area contributed by atoms with Crippen LogP contribution in [0.1, 0.15) is 17.2 Å². The van der Waals surface area contributed by atoms with Gasteiger partial charge in [-0.15, -0.1) is 0 Å². The van der Waals surface area contributed by atoms with Crippen LogP contribution in [0.4, 0.5) is 8.78 Å². The van der Waals surface area contributed by atoms with Crippen LogP contribution in [-0.2, 0) is 16.3 Å². The second-order valence-corrected chi connectivity index (χ2v) is 7.93. The third kappa shape index (κ3) is 2.97. The third-order valence-corrected chi connectivity index (χ3v) is 5.03. The predicted molar refractivity (Wildman–Crippen MR) is 82.5 cm³/mol. The summed E-state index contributed by atoms with van der Waals surface area (Å²) < 4.78 is 57.1. The highest BCUT2D eigenvalue weighted by Gasteiger charge is 2.50. The van der Waals surface area contributed by atoms with Gasteiger partial charge in [0.1, 0.15) is 17.6 Å². The van der Waals surface area contributed by atoms with Gasteiger partial charge in [0.25, 0.3) is 5.92 Å². The summed E-state index contributed by atoms with van der Waals surface area (Å²) in [6.45, 7) is 0. The van der Waals surface area contributed by atoms with Crippen molar-refractivity contribution in [1.29, 1.82) is 0 Å². The van der Waals surface area contributed by atoms with Gasteiger partial charge < -0.3 is 9.84 Å². The van der Waals surface area contributed by atoms with E-state index in [1.165, 1.54) is 24.5 Å². The first kappa shape index (κ1) is 17.1. The fourth-order valence-corrected chi connectivity index (χ4v) is 3.76. The van der Waals surface area contributed by atoms with Crippen molar-refractivity contribution in [2.45, 2.75) is 23.3 Å². The number of rotatable bonds is 3. The highest BCUT2D eigenvalue weighted by atomic mass is 35.5. The predicted octanol–water partition coefficient (Wildman–Crippen LogP) is 3.16. The van der Waals surface area contributed by atoms with Gasteiger partial charge in [0.05, 0.1) is 16.1 Å². The largest absolute Gasteiger partial charge is 0.455 e. The quantitative estimate of drug-likeness (QED) is 0.891. The van der Waals surface area contributed by atoms with E-state index in [4.69, 9.17) is 16.3 Å². The zero-order valence-electron chi connectivity index (χ0n) is 12.3. The highest BCUT2D eigenvalue weighted by Crippen LogP contribution is 2.49. The normalized spacial score (nSPS) is 19.1. The SMILES string of the molecule is CS(=O)(=O)c1ccc(Oc2cncc(Cl)c2)c2c1C(O)C(F)(F)C2. The molecule has 0 aliphatic heterocycles. The molecule has 128 valence electrons. The number of fused-ring (bicyclic) bond motifs is 1. The molecule has 5 nitrogen and oxygen atoms in total. The van der Waals surface area contributed by atoms with Crippen LogP contribution in [0, 0.1) is 0 Å². The van der Waals surface area contributed by atoms with Crippen molar-refractivity contribution >= 4 is 21.4 Å². The average Bonchev–Trinajstić information content (AvgIpc) is 2.70. The lowest BCUT2D eigenvalue weighted by Crippen LogP contribution is -2.22. The highest BCUT2D eigenvalue weighted by molar-refractivity contribution is 7.90. The molecule has 1 aromatic carbocycles. The maximum Gasteiger partial charge on any atom is 0.281 e. The monoisotopic (exact) mass is 375 g/mol. The van der Waals surface area contributed by atoms with Gasteiger partial charge in [-0.3, -0.25) is 4.98 Å². The van der Waals surface area contributed by atoms with Gasteiger partial charge in [0, 0.05) is 36.1 Å². The molecule has 1 aliphatic carbocycles. The van der Waals surface area contributed by atoms with Gasteiger partial charge in [-0.25, -0.2) is 17.2 Å². The lowest BCUT2D eigenvalue weighted by molar-refractivity contribution is -0.0976. The first-order valence-electron chi connectivity index (χ1n) is 6.80. The molecule has 1 atom stereocenters. The Morgan fingerprint density at radius 1 is 1.38 bits per heavy atom. The summed E-state index contributed by atoms with van der Waals surface area (Å²) in [4.78, 5) is 3.49. The van der Waals surface area contributed by atoms with E-state index in [2.05, 4.69) is 4.98 Å². The van der Waals surface area contributed by atoms with Gasteiger partial charge in [-0.1, -0.05) is 11.6 Å². The molecular formula is C15H12ClF2NO4S. The van der Waals surface area contributed by atoms with Gasteiger partial charge in [-0.05, 0) is 12.1 Å². The smallest absolute Gasteiger partial charge is 0.281 e. The van der Waals surface area contributed by atoms with E-state index in [0.29, 0.717) is 5.02 Å². The standard InChI is InChI=1S/C15H12ClF2NO4S/c1-24(21,22)12-3-2-11(23-9-4-8(16)6-19-7-9)10-5-15(17,18)14(20)13(10)12/h2-4,6-7,14,20H,5H2,1H3. The Hall–Kier alpha value is -1.77. The molecule has 3 rings (SSSR count). The van der Waals surface area contributed by atoms with E-state index in [1.807, 2.05) is 0 Å². The minimum Gasteiger partial charge on any atom is -0.455 e. The Morgan fingerprint density at radius 2 is 2.08 bits per heavy atom. The van der Waals surface area contributed by atoms with Crippen molar-refractivity contribution in [1.82, 2.24) is 4.98 Å². The third-order valence-electron chi connectivity index (χ3n) is 3.67. The number of sulfone groups is 1. The number of aromatic nitrogens is 1. The summed E-state index contributed by atoms with van der Waals surface area (Å²) in [5.41, 5.74) is -0.370. The van der Waals surface area contributed by atoms with Crippen LogP contribution >= 0.6 is 11.6 Å². The first-order valence-corrected chi connectivity index (χ1v) is 9.06. The molecule has 0 amide bonds. The molecule has 2 aromatic rings. The summed E-state index contributed by atoms with van der Waals surface area (Å²) in [5.74, 6) is -3.24. The van der Waals surface area contributed by atoms with E-state index < -0.39 is 28.3 Å². The van der Waals surface area contributed by atoms with Crippen molar-refractivity contribution in [3.8, 4) is 11.5 Å². The van der Waals surface area contributed by atoms with Crippen LogP contribution in [0.25, 0.3) is 0 Å². The molecule has 0 saturated carbocycles. The van der Waals surface area contributed by atoms with Crippen LogP contribution in [0.5, 0.6) is 11.5 Å². The van der Waals surface area contributed by atoms with Crippen molar-refractivity contribution in [2.75, 3.05) is 6.26 Å². The van der Waals surface area contributed by atoms with Crippen molar-refractivity contribution in [3.63, 3.8) is 0 Å². The maximum atomic E-state index is 13.9. The van der Waals surface area contributed by atoms with Crippen LogP contribution in [0.3, 0.4) is 0 Å². The number of hydrogen-bond donors (Lipinski definition) is 1. The van der Waals surface area contributed by atoms with E-state index in [0.717, 1.165) is 12.3 Å². The molecule has 1 heterocycles. The van der Waals surface area contributed by atoms with E-state index in [9.17, 15) is 22.3 Å². The van der Waals surface area contributed by atoms with Crippen LogP contribution < -0.4 is 4.74 Å². The fraction of sp³-hybridized carbons (Fsp3) is 0.267. The Kier molecular flexibility index (Phi) is 4.01. The summed E-state index contributed by atoms with van der Waals surface area (Å²) in [7, 11) is -3.79. The van der Waals surface area contributed by atoms with Crippen molar-refractivity contribution in [3.05, 3.63) is 46.7 Å². The second kappa shape index (κ2) is 5.65. The first-order chi connectivity index (χ1) is 11.1. The summed E-state index contributed by atoms with van der Waals surface area (Å²) in [6, 6.07) is 3.87. The number of aliphatic hydroxyl groups excluding tert-OH is 1. The Labute approximate surface area is 141 Å². The number of nitrogens with zero attached hydrogens (tertiary/aromatic N) is 1. The number of ether oxygens (including phenoxy) is 1. The lowest BCUT2D eigenvalue weighted by Gasteiger charge is -2.15. The summed E-state index contributed by atoms with van der Waals surface area (Å²) in [5, 5.41) is 10.2. The second-order valence-electron chi connectivity index (χ2n) is 5.51. The van der Waals surface area contributed by atoms with Crippen molar-refractivity contribution in [2.24, 2.45) is 0 Å². The zero-order valence-corrected chi connectivity index (χ0v) is 13.9. The van der Waals surface area contributed by atoms with Crippen molar-refractivity contribution < 1.29 is 27.0 Å². The molecule has 1 unspecified atom stereocenters. The molecule has 1 aliphatic rings. The Balaban J connectivity index is 2.14. The van der Waals surface area contributed by atoms with Gasteiger partial charge >= 0.3 is 0 Å². The summed E-state index contributed by atoms with van der Waals surface area (Å²) in [6.07, 6.45) is 0.581. The minimum atomic E-state index is -3.79. The molecule has 0 saturated heterocycles. The summed E-state index contributed by atoms with van der Waals surface area (Å²) >= 11 is 5.80. The molecule has 1 aromatic heterocycles. The van der Waals surface area contributed by atoms with E-state index in [-0.39, 0.29) is 27.5 Å². The Bertz CT molecular complexity index is 918. The van der Waals surface area contributed by atoms with Gasteiger partial charge in [-0.2, -0.15) is 0 Å². The average molecular weight is 376 g/mol. The van der Waals surface area contributed by atoms with Crippen LogP contribution in [0.15, 0.2) is 35.5 Å². The molecule has 24 heavy (non-hydrogen) atoms. The number of halogens is 3. The van der Waals surface area contributed by atoms with E-state index >= 15 is 0 Å². The van der Waals surface area contributed by atoms with E-state index in [1.54, 1.807) is 0 Å². The number of benzene rings is 1. The van der Waals surface area contributed by atoms with Gasteiger partial charge in [0.15, 0.2) is 9.84 Å². The maximum absolute atomic E-state index is 13.9. The number of hydrogen-bond acceptors (Lipinski definition) is 5. The molecule has 0 fully saturated rings. The number of aliphatic hydroxyl groups is 1. The van der Waals surface area contributed by atoms with Crippen LogP contribution in [-0.4, -0.2) is 30.7 Å². The number of alkyl halides is 2. The zero-order chi connectivity index (χ0) is 17.7. The van der Waals surface area contributed by atoms with Gasteiger partial charge in [0.2, 0.25) is 0 Å². The lowest BCUT2D eigenvalue weighted by atomic mass is 10.1. The number of pyridine rings is 1. The topological polar surface area (TPSA) is 76.5 Å². The molecule has 0 spiro atoms. The fourth-order valence-electron chi connectivity index (χ4n) is 2.64. The molecular weight excluding hydrogens is 364 g/mol. The molecule has 0 bridgehead atoms. The molecule has 0 radical (unpaired) electrons. The Morgan fingerprint density at radius 3 is 2.71 bits per heavy atom. The molecule has 9 heteroatoms. The molecule has 1 N–H and O–H groups in total. The minimum absolute atomic E-state index is 0.0256. The van der Waals surface area contributed by atoms with Crippen LogP contribution in [0.2, 0.25) is 5.02 Å².